The Morgan fingerprint density at radius 2 is 2.08 bits per heavy atom. The predicted molar refractivity (Wildman–Crippen MR) is 45.5 cm³/mol. The van der Waals surface area contributed by atoms with Crippen LogP contribution in [0.5, 0.6) is 0 Å². The second-order valence-corrected chi connectivity index (χ2v) is 2.88. The Hall–Kier alpha value is -0.410. The Morgan fingerprint density at radius 1 is 1.42 bits per heavy atom. The zero-order valence-corrected chi connectivity index (χ0v) is 7.84. The highest BCUT2D eigenvalue weighted by Gasteiger charge is 2.01. The van der Waals surface area contributed by atoms with Gasteiger partial charge in [0.1, 0.15) is 5.78 Å². The lowest BCUT2D eigenvalue weighted by Gasteiger charge is -2.05. The monoisotopic (exact) mass is 173 g/mol. The van der Waals surface area contributed by atoms with Gasteiger partial charge in [0.25, 0.3) is 0 Å². The summed E-state index contributed by atoms with van der Waals surface area (Å²) in [4.78, 5) is 10.5. The molecular formula is C9H17O3. The summed E-state index contributed by atoms with van der Waals surface area (Å²) in [7, 11) is 0. The van der Waals surface area contributed by atoms with Crippen LogP contribution in [0.3, 0.4) is 0 Å². The van der Waals surface area contributed by atoms with Gasteiger partial charge in [-0.2, -0.15) is 0 Å². The summed E-state index contributed by atoms with van der Waals surface area (Å²) in [5.41, 5.74) is 0. The maximum absolute atomic E-state index is 10.8. The van der Waals surface area contributed by atoms with E-state index in [1.807, 2.05) is 6.92 Å². The Bertz CT molecular complexity index is 123. The van der Waals surface area contributed by atoms with E-state index in [-0.39, 0.29) is 5.78 Å². The van der Waals surface area contributed by atoms with Crippen molar-refractivity contribution in [3.63, 3.8) is 0 Å². The molecule has 71 valence electrons. The van der Waals surface area contributed by atoms with Gasteiger partial charge in [-0.15, -0.1) is 0 Å². The second kappa shape index (κ2) is 7.25. The van der Waals surface area contributed by atoms with Crippen LogP contribution in [0.1, 0.15) is 33.1 Å². The Kier molecular flexibility index (Phi) is 7.00. The van der Waals surface area contributed by atoms with Crippen molar-refractivity contribution in [2.75, 3.05) is 13.2 Å². The minimum atomic E-state index is -0.512. The molecule has 3 heteroatoms. The van der Waals surface area contributed by atoms with E-state index in [1.54, 1.807) is 0 Å². The van der Waals surface area contributed by atoms with Crippen molar-refractivity contribution < 1.29 is 14.6 Å². The van der Waals surface area contributed by atoms with Crippen LogP contribution in [-0.2, 0) is 14.6 Å². The molecule has 1 atom stereocenters. The highest BCUT2D eigenvalue weighted by molar-refractivity contribution is 5.75. The summed E-state index contributed by atoms with van der Waals surface area (Å²) < 4.78 is 5.10. The zero-order chi connectivity index (χ0) is 9.40. The molecule has 0 aliphatic heterocycles. The van der Waals surface area contributed by atoms with E-state index in [9.17, 15) is 9.90 Å². The standard InChI is InChI=1S/C9H17O3/c1-3-9(11)5-7-12-6-4-8(2)10/h9H,3-7H2,1-2H3. The van der Waals surface area contributed by atoms with E-state index in [0.717, 1.165) is 0 Å². The number of rotatable bonds is 7. The number of ether oxygens (including phenoxy) is 1. The number of Topliss-reactive ketones (excluding diaryl/α,β-unsaturated/α-hetero) is 1. The summed E-state index contributed by atoms with van der Waals surface area (Å²) in [6.45, 7) is 4.33. The van der Waals surface area contributed by atoms with E-state index in [4.69, 9.17) is 4.74 Å². The van der Waals surface area contributed by atoms with Crippen LogP contribution in [0.15, 0.2) is 0 Å². The average Bonchev–Trinajstić information content (AvgIpc) is 2.03. The SMILES string of the molecule is CCC([O])CCOCCC(C)=O. The van der Waals surface area contributed by atoms with Crippen molar-refractivity contribution in [1.29, 1.82) is 0 Å². The Morgan fingerprint density at radius 3 is 2.58 bits per heavy atom. The zero-order valence-electron chi connectivity index (χ0n) is 7.84. The quantitative estimate of drug-likeness (QED) is 0.549. The van der Waals surface area contributed by atoms with Gasteiger partial charge in [-0.05, 0) is 13.3 Å². The molecule has 0 heterocycles. The van der Waals surface area contributed by atoms with E-state index in [2.05, 4.69) is 0 Å². The Labute approximate surface area is 73.7 Å². The Balaban J connectivity index is 3.05. The molecule has 12 heavy (non-hydrogen) atoms. The molecule has 0 saturated heterocycles. The van der Waals surface area contributed by atoms with E-state index >= 15 is 0 Å². The van der Waals surface area contributed by atoms with Crippen LogP contribution >= 0.6 is 0 Å². The minimum Gasteiger partial charge on any atom is -0.381 e. The smallest absolute Gasteiger partial charge is 0.132 e. The molecule has 0 bridgehead atoms. The fourth-order valence-corrected chi connectivity index (χ4v) is 0.737. The first-order valence-electron chi connectivity index (χ1n) is 4.39. The van der Waals surface area contributed by atoms with Gasteiger partial charge in [0.2, 0.25) is 0 Å². The molecule has 0 aromatic rings. The van der Waals surface area contributed by atoms with Crippen LogP contribution in [0.4, 0.5) is 0 Å². The lowest BCUT2D eigenvalue weighted by molar-refractivity contribution is -0.118. The fraction of sp³-hybridized carbons (Fsp3) is 0.889. The first kappa shape index (κ1) is 11.6. The van der Waals surface area contributed by atoms with Crippen LogP contribution in [0.25, 0.3) is 0 Å². The maximum Gasteiger partial charge on any atom is 0.132 e. The number of ketones is 1. The van der Waals surface area contributed by atoms with Gasteiger partial charge in [0.05, 0.1) is 12.7 Å². The number of carbonyl (C=O) groups is 1. The molecule has 0 fully saturated rings. The van der Waals surface area contributed by atoms with Gasteiger partial charge in [-0.3, -0.25) is 4.79 Å². The van der Waals surface area contributed by atoms with Crippen LogP contribution in [0.2, 0.25) is 0 Å². The summed E-state index contributed by atoms with van der Waals surface area (Å²) in [6.07, 6.45) is 1.14. The normalized spacial score (nSPS) is 12.9. The minimum absolute atomic E-state index is 0.129. The van der Waals surface area contributed by atoms with Gasteiger partial charge >= 0.3 is 0 Å². The summed E-state index contributed by atoms with van der Waals surface area (Å²) in [5.74, 6) is 0.129. The van der Waals surface area contributed by atoms with Crippen molar-refractivity contribution in [2.45, 2.75) is 39.2 Å². The van der Waals surface area contributed by atoms with Gasteiger partial charge in [0, 0.05) is 19.4 Å². The topological polar surface area (TPSA) is 46.2 Å². The fourth-order valence-electron chi connectivity index (χ4n) is 0.737. The summed E-state index contributed by atoms with van der Waals surface area (Å²) >= 11 is 0. The van der Waals surface area contributed by atoms with Gasteiger partial charge in [-0.25, -0.2) is 5.11 Å². The highest BCUT2D eigenvalue weighted by Crippen LogP contribution is 1.97. The molecule has 1 unspecified atom stereocenters. The number of carbonyl (C=O) groups excluding carboxylic acids is 1. The average molecular weight is 173 g/mol. The van der Waals surface area contributed by atoms with Crippen molar-refractivity contribution in [1.82, 2.24) is 0 Å². The van der Waals surface area contributed by atoms with Crippen molar-refractivity contribution >= 4 is 5.78 Å². The highest BCUT2D eigenvalue weighted by atomic mass is 16.5. The van der Waals surface area contributed by atoms with E-state index < -0.39 is 6.10 Å². The summed E-state index contributed by atoms with van der Waals surface area (Å²) in [6, 6.07) is 0. The van der Waals surface area contributed by atoms with Crippen LogP contribution in [-0.4, -0.2) is 25.1 Å². The van der Waals surface area contributed by atoms with Gasteiger partial charge in [0.15, 0.2) is 0 Å². The van der Waals surface area contributed by atoms with Gasteiger partial charge < -0.3 is 4.74 Å². The molecule has 0 amide bonds. The molecule has 0 N–H and O–H groups in total. The van der Waals surface area contributed by atoms with E-state index in [0.29, 0.717) is 32.5 Å². The molecule has 0 aromatic carbocycles. The number of hydrogen-bond acceptors (Lipinski definition) is 2. The lowest BCUT2D eigenvalue weighted by atomic mass is 10.2. The van der Waals surface area contributed by atoms with Crippen LogP contribution < -0.4 is 0 Å². The molecule has 3 nitrogen and oxygen atoms in total. The first-order valence-corrected chi connectivity index (χ1v) is 4.39. The third-order valence-corrected chi connectivity index (χ3v) is 1.64. The number of hydrogen-bond donors (Lipinski definition) is 0. The second-order valence-electron chi connectivity index (χ2n) is 2.88. The molecular weight excluding hydrogens is 156 g/mol. The van der Waals surface area contributed by atoms with E-state index in [1.165, 1.54) is 6.92 Å². The van der Waals surface area contributed by atoms with Gasteiger partial charge in [-0.1, -0.05) is 6.92 Å². The largest absolute Gasteiger partial charge is 0.381 e. The molecule has 0 aliphatic rings. The molecule has 0 aromatic heterocycles. The molecule has 0 aliphatic carbocycles. The lowest BCUT2D eigenvalue weighted by Crippen LogP contribution is -2.09. The van der Waals surface area contributed by atoms with Crippen molar-refractivity contribution in [2.24, 2.45) is 0 Å². The van der Waals surface area contributed by atoms with Crippen LogP contribution in [0, 0.1) is 0 Å². The molecule has 1 radical (unpaired) electrons. The summed E-state index contributed by atoms with van der Waals surface area (Å²) in [5, 5.41) is 10.8. The molecule has 0 saturated carbocycles. The third-order valence-electron chi connectivity index (χ3n) is 1.64. The van der Waals surface area contributed by atoms with Crippen molar-refractivity contribution in [3.05, 3.63) is 0 Å². The maximum atomic E-state index is 10.8. The van der Waals surface area contributed by atoms with Crippen molar-refractivity contribution in [3.8, 4) is 0 Å². The third kappa shape index (κ3) is 7.69. The molecule has 0 rings (SSSR count). The predicted octanol–water partition coefficient (Wildman–Crippen LogP) is 1.58. The first-order chi connectivity index (χ1) is 5.66. The molecule has 0 spiro atoms.